The smallest absolute Gasteiger partial charge is 0.334 e. The number of carboxylic acid groups (broad SMARTS) is 1. The van der Waals surface area contributed by atoms with Gasteiger partial charge in [-0.05, 0) is 52.4 Å². The van der Waals surface area contributed by atoms with Crippen LogP contribution in [0.5, 0.6) is 5.88 Å². The number of benzene rings is 3. The first-order chi connectivity index (χ1) is 19.6. The number of anilines is 1. The number of carbonyl (C=O) groups excluding carboxylic acids is 1. The predicted octanol–water partition coefficient (Wildman–Crippen LogP) is 5.45. The molecular formula is C33H35N3O5. The molecule has 212 valence electrons. The van der Waals surface area contributed by atoms with Gasteiger partial charge in [-0.3, -0.25) is 4.79 Å². The van der Waals surface area contributed by atoms with Gasteiger partial charge >= 0.3 is 5.97 Å². The number of nitrogens with one attached hydrogen (secondary N) is 2. The van der Waals surface area contributed by atoms with Gasteiger partial charge in [-0.2, -0.15) is 0 Å². The number of aromatic nitrogens is 1. The summed E-state index contributed by atoms with van der Waals surface area (Å²) in [6.07, 6.45) is 0.156. The van der Waals surface area contributed by atoms with Crippen LogP contribution in [0.3, 0.4) is 0 Å². The molecule has 1 aromatic heterocycles. The van der Waals surface area contributed by atoms with Gasteiger partial charge in [0.05, 0.1) is 12.6 Å². The number of nitrogens with zero attached hydrogens (tertiary/aromatic N) is 1. The summed E-state index contributed by atoms with van der Waals surface area (Å²) in [6, 6.07) is 28.9. The first-order valence-electron chi connectivity index (χ1n) is 13.4. The van der Waals surface area contributed by atoms with Crippen molar-refractivity contribution in [3.05, 3.63) is 114 Å². The molecule has 4 rings (SSSR count). The third-order valence-electron chi connectivity index (χ3n) is 6.65. The highest BCUT2D eigenvalue weighted by molar-refractivity contribution is 5.94. The summed E-state index contributed by atoms with van der Waals surface area (Å²) in [5, 5.41) is 24.0. The van der Waals surface area contributed by atoms with Crippen LogP contribution < -0.4 is 15.4 Å². The second-order valence-electron chi connectivity index (χ2n) is 10.8. The maximum atomic E-state index is 12.3. The van der Waals surface area contributed by atoms with E-state index in [1.165, 1.54) is 5.56 Å². The van der Waals surface area contributed by atoms with E-state index >= 15 is 0 Å². The van der Waals surface area contributed by atoms with Crippen molar-refractivity contribution in [3.63, 3.8) is 0 Å². The van der Waals surface area contributed by atoms with Crippen molar-refractivity contribution in [2.24, 2.45) is 0 Å². The monoisotopic (exact) mass is 553 g/mol. The zero-order valence-corrected chi connectivity index (χ0v) is 23.4. The van der Waals surface area contributed by atoms with Gasteiger partial charge < -0.3 is 25.6 Å². The zero-order chi connectivity index (χ0) is 29.4. The quantitative estimate of drug-likeness (QED) is 0.195. The number of hydrogen-bond acceptors (Lipinski definition) is 6. The average Bonchev–Trinajstić information content (AvgIpc) is 2.98. The van der Waals surface area contributed by atoms with E-state index in [1.807, 2.05) is 48.7 Å². The third-order valence-corrected chi connectivity index (χ3v) is 6.65. The molecule has 8 heteroatoms. The lowest BCUT2D eigenvalue weighted by molar-refractivity contribution is -0.146. The summed E-state index contributed by atoms with van der Waals surface area (Å²) in [4.78, 5) is 27.6. The lowest BCUT2D eigenvalue weighted by Crippen LogP contribution is -2.36. The maximum Gasteiger partial charge on any atom is 0.334 e. The minimum absolute atomic E-state index is 0.0995. The van der Waals surface area contributed by atoms with Crippen LogP contribution in [0, 0.1) is 0 Å². The summed E-state index contributed by atoms with van der Waals surface area (Å²) in [5.41, 5.74) is 5.62. The summed E-state index contributed by atoms with van der Waals surface area (Å²) >= 11 is 0. The lowest BCUT2D eigenvalue weighted by atomic mass is 9.86. The fourth-order valence-electron chi connectivity index (χ4n) is 4.17. The Morgan fingerprint density at radius 2 is 1.54 bits per heavy atom. The first-order valence-corrected chi connectivity index (χ1v) is 13.4. The number of hydrogen-bond donors (Lipinski definition) is 4. The zero-order valence-electron chi connectivity index (χ0n) is 23.4. The summed E-state index contributed by atoms with van der Waals surface area (Å²) in [7, 11) is 0. The molecular weight excluding hydrogens is 518 g/mol. The van der Waals surface area contributed by atoms with Gasteiger partial charge in [0.2, 0.25) is 5.88 Å². The number of rotatable bonds is 11. The molecule has 0 aliphatic rings. The van der Waals surface area contributed by atoms with Gasteiger partial charge in [0.25, 0.3) is 5.91 Å². The number of aliphatic hydroxyl groups is 1. The molecule has 1 amide bonds. The van der Waals surface area contributed by atoms with E-state index in [0.717, 1.165) is 22.4 Å². The molecule has 0 spiro atoms. The Labute approximate surface area is 240 Å². The Balaban J connectivity index is 1.40. The van der Waals surface area contributed by atoms with Crippen molar-refractivity contribution in [1.82, 2.24) is 10.3 Å². The van der Waals surface area contributed by atoms with E-state index in [1.54, 1.807) is 24.3 Å². The van der Waals surface area contributed by atoms with Crippen molar-refractivity contribution in [2.75, 3.05) is 18.5 Å². The largest absolute Gasteiger partial charge is 0.479 e. The number of ether oxygens (including phenoxy) is 1. The molecule has 0 fully saturated rings. The maximum absolute atomic E-state index is 12.3. The molecule has 1 heterocycles. The van der Waals surface area contributed by atoms with E-state index in [0.29, 0.717) is 18.1 Å². The molecule has 0 radical (unpaired) electrons. The Morgan fingerprint density at radius 1 is 0.878 bits per heavy atom. The number of carbonyl (C=O) groups is 2. The molecule has 0 aliphatic heterocycles. The molecule has 0 aliphatic carbocycles. The van der Waals surface area contributed by atoms with Crippen molar-refractivity contribution in [2.45, 2.75) is 38.3 Å². The van der Waals surface area contributed by atoms with Crippen molar-refractivity contribution >= 4 is 17.6 Å². The standard InChI is InChI=1S/C33H35N3O5/c1-33(2,3)26-14-9-22(10-15-26)25-13-18-30(34-19-25)41-21-28(23-7-5-4-6-8-23)36-27-16-11-24(12-17-27)31(38)35-20-29(37)32(39)40/h4-19,28-29,36-37H,20-21H2,1-3H3,(H,35,38)(H,39,40)/t28-,29?/m1/s1. The highest BCUT2D eigenvalue weighted by atomic mass is 16.5. The van der Waals surface area contributed by atoms with Crippen molar-refractivity contribution < 1.29 is 24.5 Å². The minimum atomic E-state index is -1.66. The van der Waals surface area contributed by atoms with Gasteiger partial charge in [0, 0.05) is 29.1 Å². The topological polar surface area (TPSA) is 121 Å². The van der Waals surface area contributed by atoms with Crippen LogP contribution in [0.2, 0.25) is 0 Å². The van der Waals surface area contributed by atoms with E-state index in [-0.39, 0.29) is 18.0 Å². The van der Waals surface area contributed by atoms with Crippen LogP contribution in [0.1, 0.15) is 48.3 Å². The minimum Gasteiger partial charge on any atom is -0.479 e. The van der Waals surface area contributed by atoms with Crippen LogP contribution in [0.25, 0.3) is 11.1 Å². The lowest BCUT2D eigenvalue weighted by Gasteiger charge is -2.21. The van der Waals surface area contributed by atoms with Gasteiger partial charge in [-0.15, -0.1) is 0 Å². The predicted molar refractivity (Wildman–Crippen MR) is 159 cm³/mol. The Hall–Kier alpha value is -4.69. The second-order valence-corrected chi connectivity index (χ2v) is 10.8. The van der Waals surface area contributed by atoms with Crippen molar-refractivity contribution in [1.29, 1.82) is 0 Å². The SMILES string of the molecule is CC(C)(C)c1ccc(-c2ccc(OC[C@@H](Nc3ccc(C(=O)NCC(O)C(=O)O)cc3)c3ccccc3)nc2)cc1. The van der Waals surface area contributed by atoms with E-state index in [4.69, 9.17) is 9.84 Å². The fraction of sp³-hybridized carbons (Fsp3) is 0.242. The highest BCUT2D eigenvalue weighted by Crippen LogP contribution is 2.27. The molecule has 8 nitrogen and oxygen atoms in total. The highest BCUT2D eigenvalue weighted by Gasteiger charge is 2.17. The number of aliphatic carboxylic acids is 1. The molecule has 0 bridgehead atoms. The molecule has 4 N–H and O–H groups in total. The molecule has 1 unspecified atom stereocenters. The van der Waals surface area contributed by atoms with E-state index < -0.39 is 18.0 Å². The summed E-state index contributed by atoms with van der Waals surface area (Å²) in [5.74, 6) is -1.35. The summed E-state index contributed by atoms with van der Waals surface area (Å²) in [6.45, 7) is 6.52. The average molecular weight is 554 g/mol. The van der Waals surface area contributed by atoms with Crippen molar-refractivity contribution in [3.8, 4) is 17.0 Å². The third kappa shape index (κ3) is 8.16. The normalized spacial score (nSPS) is 12.7. The first kappa shape index (κ1) is 29.3. The summed E-state index contributed by atoms with van der Waals surface area (Å²) < 4.78 is 6.08. The van der Waals surface area contributed by atoms with Crippen LogP contribution in [-0.2, 0) is 10.2 Å². The number of amides is 1. The second kappa shape index (κ2) is 13.1. The van der Waals surface area contributed by atoms with Gasteiger partial charge in [-0.1, -0.05) is 75.4 Å². The van der Waals surface area contributed by atoms with Gasteiger partial charge in [0.15, 0.2) is 6.10 Å². The molecule has 0 saturated heterocycles. The Bertz CT molecular complexity index is 1430. The fourth-order valence-corrected chi connectivity index (χ4v) is 4.17. The van der Waals surface area contributed by atoms with Gasteiger partial charge in [0.1, 0.15) is 6.61 Å². The molecule has 41 heavy (non-hydrogen) atoms. The Morgan fingerprint density at radius 3 is 2.12 bits per heavy atom. The molecule has 4 aromatic rings. The molecule has 3 aromatic carbocycles. The van der Waals surface area contributed by atoms with Crippen LogP contribution in [0.15, 0.2) is 97.2 Å². The molecule has 2 atom stereocenters. The molecule has 0 saturated carbocycles. The number of pyridine rings is 1. The van der Waals surface area contributed by atoms with Gasteiger partial charge in [-0.25, -0.2) is 9.78 Å². The van der Waals surface area contributed by atoms with Crippen LogP contribution in [0.4, 0.5) is 5.69 Å². The Kier molecular flexibility index (Phi) is 9.37. The van der Waals surface area contributed by atoms with E-state index in [2.05, 4.69) is 60.7 Å². The van der Waals surface area contributed by atoms with Crippen LogP contribution >= 0.6 is 0 Å². The number of carboxylic acids is 1. The number of aliphatic hydroxyl groups excluding tert-OH is 1. The van der Waals surface area contributed by atoms with Crippen LogP contribution in [-0.4, -0.2) is 46.3 Å². The van der Waals surface area contributed by atoms with E-state index in [9.17, 15) is 14.7 Å².